The molecule has 0 radical (unpaired) electrons. The zero-order valence-corrected chi connectivity index (χ0v) is 8.44. The number of hydrogen-bond donors (Lipinski definition) is 2. The molecule has 0 aliphatic rings. The van der Waals surface area contributed by atoms with Crippen LogP contribution in [0.15, 0.2) is 19.0 Å². The first-order valence-electron chi connectivity index (χ1n) is 4.51. The highest BCUT2D eigenvalue weighted by atomic mass is 15.2. The van der Waals surface area contributed by atoms with E-state index < -0.39 is 0 Å². The Morgan fingerprint density at radius 2 is 2.40 bits per heavy atom. The number of imidazole rings is 1. The summed E-state index contributed by atoms with van der Waals surface area (Å²) >= 11 is 0. The van der Waals surface area contributed by atoms with Crippen molar-refractivity contribution in [3.05, 3.63) is 19.0 Å². The van der Waals surface area contributed by atoms with Crippen molar-refractivity contribution >= 4 is 22.9 Å². The lowest BCUT2D eigenvalue weighted by Crippen LogP contribution is -2.19. The summed E-state index contributed by atoms with van der Waals surface area (Å²) in [5, 5.41) is 0. The van der Waals surface area contributed by atoms with Crippen LogP contribution in [0.2, 0.25) is 0 Å². The molecule has 6 heteroatoms. The van der Waals surface area contributed by atoms with Gasteiger partial charge in [-0.05, 0) is 0 Å². The van der Waals surface area contributed by atoms with Crippen LogP contribution in [0.3, 0.4) is 0 Å². The second-order valence-corrected chi connectivity index (χ2v) is 3.18. The van der Waals surface area contributed by atoms with Gasteiger partial charge < -0.3 is 15.6 Å². The molecular weight excluding hydrogens is 192 g/mol. The Balaban J connectivity index is 2.57. The summed E-state index contributed by atoms with van der Waals surface area (Å²) in [7, 11) is 1.91. The lowest BCUT2D eigenvalue weighted by molar-refractivity contribution is 0.992. The van der Waals surface area contributed by atoms with Gasteiger partial charge in [-0.3, -0.25) is 0 Å². The summed E-state index contributed by atoms with van der Waals surface area (Å²) < 4.78 is 0. The summed E-state index contributed by atoms with van der Waals surface area (Å²) in [6.45, 7) is 4.36. The number of nitrogens with two attached hydrogens (primary N) is 1. The highest BCUT2D eigenvalue weighted by Crippen LogP contribution is 2.20. The van der Waals surface area contributed by atoms with E-state index in [0.29, 0.717) is 12.2 Å². The Morgan fingerprint density at radius 3 is 3.13 bits per heavy atom. The molecule has 2 aromatic heterocycles. The van der Waals surface area contributed by atoms with Gasteiger partial charge in [0.25, 0.3) is 0 Å². The average Bonchev–Trinajstić information content (AvgIpc) is 2.64. The zero-order chi connectivity index (χ0) is 10.8. The summed E-state index contributed by atoms with van der Waals surface area (Å²) in [5.41, 5.74) is 6.95. The molecule has 15 heavy (non-hydrogen) atoms. The second-order valence-electron chi connectivity index (χ2n) is 3.18. The monoisotopic (exact) mass is 204 g/mol. The third-order valence-electron chi connectivity index (χ3n) is 2.05. The molecule has 2 aromatic rings. The number of rotatable bonds is 3. The lowest BCUT2D eigenvalue weighted by atomic mass is 10.4. The van der Waals surface area contributed by atoms with E-state index in [0.717, 1.165) is 11.3 Å². The van der Waals surface area contributed by atoms with Crippen molar-refractivity contribution in [3.63, 3.8) is 0 Å². The Kier molecular flexibility index (Phi) is 2.24. The second kappa shape index (κ2) is 3.56. The minimum atomic E-state index is 0.223. The van der Waals surface area contributed by atoms with Crippen molar-refractivity contribution in [2.24, 2.45) is 0 Å². The van der Waals surface area contributed by atoms with E-state index in [1.165, 1.54) is 0 Å². The normalized spacial score (nSPS) is 10.5. The number of nitrogen functional groups attached to an aromatic ring is 1. The van der Waals surface area contributed by atoms with Gasteiger partial charge in [0.1, 0.15) is 5.52 Å². The standard InChI is InChI=1S/C9H12N6/c1-3-4-15(2)8-6-7(12-5-11-6)13-9(10)14-8/h3,5H,1,4H2,2H3,(H3,10,11,12,13,14). The van der Waals surface area contributed by atoms with Gasteiger partial charge in [-0.2, -0.15) is 9.97 Å². The van der Waals surface area contributed by atoms with E-state index >= 15 is 0 Å². The number of H-pyrrole nitrogens is 1. The summed E-state index contributed by atoms with van der Waals surface area (Å²) in [6.07, 6.45) is 3.37. The maximum atomic E-state index is 5.59. The van der Waals surface area contributed by atoms with Crippen LogP contribution in [0.1, 0.15) is 0 Å². The summed E-state index contributed by atoms with van der Waals surface area (Å²) in [5.74, 6) is 0.954. The zero-order valence-electron chi connectivity index (χ0n) is 8.44. The Morgan fingerprint density at radius 1 is 1.60 bits per heavy atom. The molecule has 2 rings (SSSR count). The average molecular weight is 204 g/mol. The molecule has 78 valence electrons. The van der Waals surface area contributed by atoms with Gasteiger partial charge in [-0.25, -0.2) is 4.98 Å². The molecule has 0 aromatic carbocycles. The molecular formula is C9H12N6. The van der Waals surface area contributed by atoms with E-state index in [4.69, 9.17) is 5.73 Å². The highest BCUT2D eigenvalue weighted by molar-refractivity contribution is 5.84. The van der Waals surface area contributed by atoms with Crippen molar-refractivity contribution in [1.29, 1.82) is 0 Å². The fraction of sp³-hybridized carbons (Fsp3) is 0.222. The van der Waals surface area contributed by atoms with Crippen LogP contribution in [0.25, 0.3) is 11.2 Å². The minimum absolute atomic E-state index is 0.223. The molecule has 0 bridgehead atoms. The molecule has 2 heterocycles. The van der Waals surface area contributed by atoms with Gasteiger partial charge >= 0.3 is 0 Å². The third kappa shape index (κ3) is 1.61. The van der Waals surface area contributed by atoms with Crippen LogP contribution in [0.5, 0.6) is 0 Å². The lowest BCUT2D eigenvalue weighted by Gasteiger charge is -2.16. The molecule has 0 saturated heterocycles. The molecule has 0 saturated carbocycles. The third-order valence-corrected chi connectivity index (χ3v) is 2.05. The van der Waals surface area contributed by atoms with Crippen molar-refractivity contribution in [3.8, 4) is 0 Å². The van der Waals surface area contributed by atoms with Gasteiger partial charge in [0.15, 0.2) is 11.5 Å². The van der Waals surface area contributed by atoms with Crippen LogP contribution < -0.4 is 10.6 Å². The number of nitrogens with one attached hydrogen (secondary N) is 1. The fourth-order valence-corrected chi connectivity index (χ4v) is 1.39. The van der Waals surface area contributed by atoms with Gasteiger partial charge in [0, 0.05) is 13.6 Å². The van der Waals surface area contributed by atoms with Crippen molar-refractivity contribution in [2.75, 3.05) is 24.2 Å². The molecule has 0 spiro atoms. The van der Waals surface area contributed by atoms with Crippen molar-refractivity contribution in [2.45, 2.75) is 0 Å². The van der Waals surface area contributed by atoms with Crippen LogP contribution >= 0.6 is 0 Å². The Bertz CT molecular complexity index is 488. The van der Waals surface area contributed by atoms with Gasteiger partial charge in [0.05, 0.1) is 6.33 Å². The van der Waals surface area contributed by atoms with Crippen LogP contribution in [-0.2, 0) is 0 Å². The first-order chi connectivity index (χ1) is 7.22. The van der Waals surface area contributed by atoms with E-state index in [1.54, 1.807) is 12.4 Å². The summed E-state index contributed by atoms with van der Waals surface area (Å²) in [6, 6.07) is 0. The molecule has 0 aliphatic carbocycles. The number of fused-ring (bicyclic) bond motifs is 1. The van der Waals surface area contributed by atoms with Crippen molar-refractivity contribution in [1.82, 2.24) is 19.9 Å². The predicted octanol–water partition coefficient (Wildman–Crippen LogP) is 0.557. The Hall–Kier alpha value is -2.11. The molecule has 3 N–H and O–H groups in total. The largest absolute Gasteiger partial charge is 0.368 e. The van der Waals surface area contributed by atoms with Crippen LogP contribution in [0.4, 0.5) is 11.8 Å². The molecule has 0 fully saturated rings. The van der Waals surface area contributed by atoms with E-state index in [9.17, 15) is 0 Å². The molecule has 0 aliphatic heterocycles. The first kappa shape index (κ1) is 9.45. The predicted molar refractivity (Wildman–Crippen MR) is 59.6 cm³/mol. The maximum absolute atomic E-state index is 5.59. The molecule has 6 nitrogen and oxygen atoms in total. The number of anilines is 2. The van der Waals surface area contributed by atoms with Gasteiger partial charge in [-0.15, -0.1) is 6.58 Å². The molecule has 0 unspecified atom stereocenters. The van der Waals surface area contributed by atoms with E-state index in [2.05, 4.69) is 26.5 Å². The SMILES string of the molecule is C=CCN(C)c1nc(N)nc2nc[nH]c12. The molecule has 0 amide bonds. The number of hydrogen-bond acceptors (Lipinski definition) is 5. The minimum Gasteiger partial charge on any atom is -0.368 e. The van der Waals surface area contributed by atoms with Crippen LogP contribution in [-0.4, -0.2) is 33.5 Å². The van der Waals surface area contributed by atoms with Crippen LogP contribution in [0, 0.1) is 0 Å². The number of aromatic amines is 1. The van der Waals surface area contributed by atoms with Crippen molar-refractivity contribution < 1.29 is 0 Å². The fourth-order valence-electron chi connectivity index (χ4n) is 1.39. The van der Waals surface area contributed by atoms with Gasteiger partial charge in [-0.1, -0.05) is 6.08 Å². The molecule has 0 atom stereocenters. The maximum Gasteiger partial charge on any atom is 0.224 e. The topological polar surface area (TPSA) is 83.7 Å². The van der Waals surface area contributed by atoms with Gasteiger partial charge in [0.2, 0.25) is 5.95 Å². The number of likely N-dealkylation sites (N-methyl/N-ethyl adjacent to an activating group) is 1. The quantitative estimate of drug-likeness (QED) is 0.713. The number of nitrogens with zero attached hydrogens (tertiary/aromatic N) is 4. The summed E-state index contributed by atoms with van der Waals surface area (Å²) in [4.78, 5) is 17.1. The number of aromatic nitrogens is 4. The Labute approximate surface area is 86.9 Å². The highest BCUT2D eigenvalue weighted by Gasteiger charge is 2.11. The first-order valence-corrected chi connectivity index (χ1v) is 4.51. The van der Waals surface area contributed by atoms with E-state index in [-0.39, 0.29) is 5.95 Å². The smallest absolute Gasteiger partial charge is 0.224 e. The van der Waals surface area contributed by atoms with E-state index in [1.807, 2.05) is 11.9 Å².